The maximum atomic E-state index is 12.5. The zero-order chi connectivity index (χ0) is 26.3. The van der Waals surface area contributed by atoms with Gasteiger partial charge < -0.3 is 0 Å². The van der Waals surface area contributed by atoms with E-state index >= 15 is 0 Å². The quantitative estimate of drug-likeness (QED) is 0.183. The molecule has 190 valence electrons. The molecule has 0 aliphatic carbocycles. The van der Waals surface area contributed by atoms with Gasteiger partial charge in [-0.1, -0.05) is 58.5 Å². The minimum atomic E-state index is -3.78. The number of hydrogen-bond acceptors (Lipinski definition) is 6. The molecule has 1 fully saturated rings. The van der Waals surface area contributed by atoms with E-state index in [1.165, 1.54) is 28.8 Å². The van der Waals surface area contributed by atoms with E-state index < -0.39 is 19.1 Å². The predicted molar refractivity (Wildman–Crippen MR) is 145 cm³/mol. The van der Waals surface area contributed by atoms with Gasteiger partial charge in [-0.15, -0.1) is 0 Å². The molecule has 1 saturated heterocycles. The van der Waals surface area contributed by atoms with Gasteiger partial charge in [-0.25, -0.2) is 26.8 Å². The number of fused-ring (bicyclic) bond motifs is 2. The summed E-state index contributed by atoms with van der Waals surface area (Å²) in [6.45, 7) is 1.14. The zero-order valence-electron chi connectivity index (χ0n) is 18.1. The smallest absolute Gasteiger partial charge is 0.242 e. The number of halogens is 5. The van der Waals surface area contributed by atoms with E-state index in [1.54, 1.807) is 24.3 Å². The van der Waals surface area contributed by atoms with Crippen molar-refractivity contribution in [2.24, 2.45) is 0 Å². The van der Waals surface area contributed by atoms with Gasteiger partial charge in [0.15, 0.2) is 0 Å². The Morgan fingerprint density at radius 2 is 1.11 bits per heavy atom. The molecule has 2 aromatic carbocycles. The van der Waals surface area contributed by atoms with Crippen LogP contribution in [0.15, 0.2) is 58.6 Å². The largest absolute Gasteiger partial charge is 0.261 e. The summed E-state index contributed by atoms with van der Waals surface area (Å²) in [4.78, 5) is 7.98. The molecule has 0 N–H and O–H groups in total. The Balaban J connectivity index is 0.000000174. The van der Waals surface area contributed by atoms with Crippen molar-refractivity contribution in [1.82, 2.24) is 14.3 Å². The van der Waals surface area contributed by atoms with Gasteiger partial charge in [0.25, 0.3) is 9.05 Å². The van der Waals surface area contributed by atoms with Crippen molar-refractivity contribution in [3.8, 4) is 0 Å². The predicted octanol–water partition coefficient (Wildman–Crippen LogP) is 6.80. The fraction of sp³-hybridized carbons (Fsp3) is 0.182. The standard InChI is InChI=1S/C13H12Cl2N2O2S.C9H4Cl3NO2S/c14-12-8-16-13(15)11-7-9(3-4-10(11)12)20(18,19)17-5-1-2-6-17;10-8-4-13-9(11)7-3-5(16(12,14)15)1-2-6(7)8/h3-4,7-8H,1-2,5-6H2;1-4H. The first-order valence-corrected chi connectivity index (χ1v) is 15.6. The molecular weight excluding hydrogens is 612 g/mol. The van der Waals surface area contributed by atoms with Crippen LogP contribution in [-0.2, 0) is 19.1 Å². The Morgan fingerprint density at radius 1 is 0.667 bits per heavy atom. The SMILES string of the molecule is O=S(=O)(Cl)c1ccc2c(Cl)cnc(Cl)c2c1.O=S(=O)(c1ccc2c(Cl)cnc(Cl)c2c1)N1CCCC1. The molecule has 1 aliphatic heterocycles. The average molecular weight is 628 g/mol. The lowest BCUT2D eigenvalue weighted by atomic mass is 10.2. The molecule has 7 nitrogen and oxygen atoms in total. The van der Waals surface area contributed by atoms with Gasteiger partial charge in [-0.3, -0.25) is 0 Å². The van der Waals surface area contributed by atoms with Gasteiger partial charge in [-0.2, -0.15) is 4.31 Å². The van der Waals surface area contributed by atoms with E-state index in [-0.39, 0.29) is 20.1 Å². The average Bonchev–Trinajstić information content (AvgIpc) is 3.39. The number of hydrogen-bond donors (Lipinski definition) is 0. The highest BCUT2D eigenvalue weighted by atomic mass is 35.7. The van der Waals surface area contributed by atoms with Crippen LogP contribution in [0.4, 0.5) is 0 Å². The Hall–Kier alpha value is -1.43. The van der Waals surface area contributed by atoms with Crippen LogP contribution in [0.2, 0.25) is 20.4 Å². The van der Waals surface area contributed by atoms with Crippen molar-refractivity contribution in [3.63, 3.8) is 0 Å². The van der Waals surface area contributed by atoms with Crippen LogP contribution in [0.5, 0.6) is 0 Å². The summed E-state index contributed by atoms with van der Waals surface area (Å²) < 4.78 is 48.8. The second-order valence-corrected chi connectivity index (χ2v) is 13.8. The van der Waals surface area contributed by atoms with E-state index in [0.29, 0.717) is 44.7 Å². The van der Waals surface area contributed by atoms with Gasteiger partial charge in [0.1, 0.15) is 10.3 Å². The molecule has 0 radical (unpaired) electrons. The van der Waals surface area contributed by atoms with Crippen molar-refractivity contribution in [2.45, 2.75) is 22.6 Å². The summed E-state index contributed by atoms with van der Waals surface area (Å²) in [5.41, 5.74) is 0. The summed E-state index contributed by atoms with van der Waals surface area (Å²) in [6.07, 6.45) is 4.67. The number of pyridine rings is 2. The maximum Gasteiger partial charge on any atom is 0.261 e. The normalized spacial score (nSPS) is 14.7. The third-order valence-electron chi connectivity index (χ3n) is 5.51. The third kappa shape index (κ3) is 5.68. The van der Waals surface area contributed by atoms with E-state index in [2.05, 4.69) is 9.97 Å². The van der Waals surface area contributed by atoms with E-state index in [1.807, 2.05) is 0 Å². The molecule has 0 unspecified atom stereocenters. The molecule has 0 saturated carbocycles. The zero-order valence-corrected chi connectivity index (χ0v) is 23.5. The fourth-order valence-corrected chi connectivity index (χ4v) is 6.86. The second-order valence-electron chi connectivity index (χ2n) is 7.76. The van der Waals surface area contributed by atoms with Gasteiger partial charge >= 0.3 is 0 Å². The molecule has 3 heterocycles. The Morgan fingerprint density at radius 3 is 1.58 bits per heavy atom. The van der Waals surface area contributed by atoms with Crippen LogP contribution < -0.4 is 0 Å². The monoisotopic (exact) mass is 625 g/mol. The first-order chi connectivity index (χ1) is 16.9. The first-order valence-electron chi connectivity index (χ1n) is 10.3. The summed E-state index contributed by atoms with van der Waals surface area (Å²) in [6, 6.07) is 9.04. The number of nitrogens with zero attached hydrogens (tertiary/aromatic N) is 3. The number of aromatic nitrogens is 2. The molecule has 5 rings (SSSR count). The van der Waals surface area contributed by atoms with E-state index in [0.717, 1.165) is 12.8 Å². The lowest BCUT2D eigenvalue weighted by Gasteiger charge is -2.16. The minimum Gasteiger partial charge on any atom is -0.242 e. The number of sulfonamides is 1. The molecule has 0 bridgehead atoms. The molecule has 0 amide bonds. The van der Waals surface area contributed by atoms with Crippen molar-refractivity contribution in [3.05, 3.63) is 69.1 Å². The molecule has 0 atom stereocenters. The van der Waals surface area contributed by atoms with Crippen molar-refractivity contribution in [2.75, 3.05) is 13.1 Å². The van der Waals surface area contributed by atoms with Crippen molar-refractivity contribution in [1.29, 1.82) is 0 Å². The lowest BCUT2D eigenvalue weighted by molar-refractivity contribution is 0.477. The summed E-state index contributed by atoms with van der Waals surface area (Å²) in [7, 11) is -2.01. The molecule has 36 heavy (non-hydrogen) atoms. The Labute approximate surface area is 232 Å². The van der Waals surface area contributed by atoms with Crippen LogP contribution in [0.3, 0.4) is 0 Å². The second kappa shape index (κ2) is 10.7. The van der Waals surface area contributed by atoms with Crippen LogP contribution in [0.1, 0.15) is 12.8 Å². The maximum absolute atomic E-state index is 12.5. The van der Waals surface area contributed by atoms with Gasteiger partial charge in [-0.05, 0) is 37.1 Å². The number of rotatable bonds is 3. The Bertz CT molecular complexity index is 1690. The van der Waals surface area contributed by atoms with Crippen molar-refractivity contribution < 1.29 is 16.8 Å². The van der Waals surface area contributed by atoms with E-state index in [4.69, 9.17) is 57.1 Å². The Kier molecular flexibility index (Phi) is 8.24. The molecular formula is C22H16Cl5N3O4S2. The van der Waals surface area contributed by atoms with Crippen LogP contribution in [0, 0.1) is 0 Å². The molecule has 4 aromatic rings. The highest BCUT2D eigenvalue weighted by Gasteiger charge is 2.27. The van der Waals surface area contributed by atoms with Gasteiger partial charge in [0, 0.05) is 57.7 Å². The molecule has 0 spiro atoms. The van der Waals surface area contributed by atoms with Crippen LogP contribution in [-0.4, -0.2) is 44.2 Å². The minimum absolute atomic E-state index is 0.0346. The van der Waals surface area contributed by atoms with Gasteiger partial charge in [0.2, 0.25) is 10.0 Å². The first kappa shape index (κ1) is 27.6. The van der Waals surface area contributed by atoms with Gasteiger partial charge in [0.05, 0.1) is 19.8 Å². The molecule has 1 aliphatic rings. The highest BCUT2D eigenvalue weighted by molar-refractivity contribution is 8.13. The highest BCUT2D eigenvalue weighted by Crippen LogP contribution is 2.32. The van der Waals surface area contributed by atoms with E-state index in [9.17, 15) is 16.8 Å². The van der Waals surface area contributed by atoms with Crippen molar-refractivity contribution >= 4 is 97.7 Å². The summed E-state index contributed by atoms with van der Waals surface area (Å²) in [5, 5.41) is 3.63. The lowest BCUT2D eigenvalue weighted by Crippen LogP contribution is -2.27. The summed E-state index contributed by atoms with van der Waals surface area (Å²) >= 11 is 23.8. The fourth-order valence-electron chi connectivity index (χ4n) is 3.70. The topological polar surface area (TPSA) is 97.3 Å². The number of benzene rings is 2. The van der Waals surface area contributed by atoms with Crippen LogP contribution >= 0.6 is 57.1 Å². The summed E-state index contributed by atoms with van der Waals surface area (Å²) in [5.74, 6) is 0. The third-order valence-corrected chi connectivity index (χ3v) is 9.96. The molecule has 14 heteroatoms. The van der Waals surface area contributed by atoms with Crippen LogP contribution in [0.25, 0.3) is 21.5 Å². The molecule has 2 aromatic heterocycles.